The third kappa shape index (κ3) is 6.39. The molecule has 8 nitrogen and oxygen atoms in total. The van der Waals surface area contributed by atoms with Crippen molar-refractivity contribution in [1.82, 2.24) is 10.6 Å². The highest BCUT2D eigenvalue weighted by Gasteiger charge is 2.21. The summed E-state index contributed by atoms with van der Waals surface area (Å²) in [4.78, 5) is 34.0. The fraction of sp³-hybridized carbons (Fsp3) is 0.300. The number of carbonyl (C=O) groups excluding carboxylic acids is 1. The number of nitrogens with zero attached hydrogens (tertiary/aromatic N) is 1. The number of aliphatic carboxylic acids is 1. The molecule has 2 atom stereocenters. The smallest absolute Gasteiger partial charge is 0.315 e. The summed E-state index contributed by atoms with van der Waals surface area (Å²) >= 11 is 0. The first kappa shape index (κ1) is 20.9. The number of amides is 2. The standard InChI is InChI=1S/C20H23N3O5/c1-14(17-9-5-6-10-18(17)23(27)28)21-20(26)22-16(11-12-19(24)25)13-15-7-3-2-4-8-15/h2-10,14,16H,11-13H2,1H3,(H,24,25)(H2,21,22,26). The highest BCUT2D eigenvalue weighted by Crippen LogP contribution is 2.24. The lowest BCUT2D eigenvalue weighted by molar-refractivity contribution is -0.385. The third-order valence-electron chi connectivity index (χ3n) is 4.31. The molecule has 0 bridgehead atoms. The van der Waals surface area contributed by atoms with Gasteiger partial charge in [0.05, 0.1) is 16.5 Å². The van der Waals surface area contributed by atoms with Gasteiger partial charge < -0.3 is 15.7 Å². The average molecular weight is 385 g/mol. The van der Waals surface area contributed by atoms with Crippen LogP contribution in [0.3, 0.4) is 0 Å². The van der Waals surface area contributed by atoms with Crippen molar-refractivity contribution in [1.29, 1.82) is 0 Å². The lowest BCUT2D eigenvalue weighted by Gasteiger charge is -2.21. The van der Waals surface area contributed by atoms with Crippen LogP contribution < -0.4 is 10.6 Å². The van der Waals surface area contributed by atoms with Crippen molar-refractivity contribution in [3.8, 4) is 0 Å². The molecule has 2 rings (SSSR count). The summed E-state index contributed by atoms with van der Waals surface area (Å²) in [6.45, 7) is 1.66. The molecule has 2 unspecified atom stereocenters. The van der Waals surface area contributed by atoms with E-state index in [2.05, 4.69) is 10.6 Å². The van der Waals surface area contributed by atoms with Gasteiger partial charge in [-0.2, -0.15) is 0 Å². The van der Waals surface area contributed by atoms with Gasteiger partial charge in [-0.15, -0.1) is 0 Å². The minimum absolute atomic E-state index is 0.0676. The molecule has 0 spiro atoms. The van der Waals surface area contributed by atoms with E-state index in [0.717, 1.165) is 5.56 Å². The Balaban J connectivity index is 2.03. The van der Waals surface area contributed by atoms with Crippen LogP contribution in [-0.2, 0) is 11.2 Å². The second kappa shape index (κ2) is 10.1. The van der Waals surface area contributed by atoms with E-state index in [1.165, 1.54) is 6.07 Å². The number of urea groups is 1. The number of nitro benzene ring substituents is 1. The zero-order chi connectivity index (χ0) is 20.5. The Morgan fingerprint density at radius 2 is 1.71 bits per heavy atom. The number of carboxylic acids is 1. The van der Waals surface area contributed by atoms with Crippen molar-refractivity contribution in [2.24, 2.45) is 0 Å². The molecule has 3 N–H and O–H groups in total. The van der Waals surface area contributed by atoms with Crippen LogP contribution in [0.2, 0.25) is 0 Å². The molecule has 8 heteroatoms. The van der Waals surface area contributed by atoms with E-state index >= 15 is 0 Å². The van der Waals surface area contributed by atoms with Gasteiger partial charge in [-0.3, -0.25) is 14.9 Å². The first-order chi connectivity index (χ1) is 13.4. The van der Waals surface area contributed by atoms with Gasteiger partial charge in [-0.05, 0) is 25.3 Å². The molecule has 0 fully saturated rings. The number of hydrogen-bond acceptors (Lipinski definition) is 4. The lowest BCUT2D eigenvalue weighted by Crippen LogP contribution is -2.44. The maximum Gasteiger partial charge on any atom is 0.315 e. The van der Waals surface area contributed by atoms with Gasteiger partial charge in [0.15, 0.2) is 0 Å². The molecule has 2 aromatic carbocycles. The molecule has 0 radical (unpaired) electrons. The average Bonchev–Trinajstić information content (AvgIpc) is 2.66. The quantitative estimate of drug-likeness (QED) is 0.451. The summed E-state index contributed by atoms with van der Waals surface area (Å²) in [5.41, 5.74) is 1.31. The summed E-state index contributed by atoms with van der Waals surface area (Å²) in [6, 6.07) is 14.2. The van der Waals surface area contributed by atoms with Crippen molar-refractivity contribution in [3.05, 3.63) is 75.8 Å². The van der Waals surface area contributed by atoms with Crippen LogP contribution in [0.5, 0.6) is 0 Å². The van der Waals surface area contributed by atoms with E-state index in [1.54, 1.807) is 25.1 Å². The second-order valence-corrected chi connectivity index (χ2v) is 6.47. The summed E-state index contributed by atoms with van der Waals surface area (Å²) in [6.07, 6.45) is 0.691. The van der Waals surface area contributed by atoms with Gasteiger partial charge >= 0.3 is 12.0 Å². The van der Waals surface area contributed by atoms with Gasteiger partial charge in [0, 0.05) is 18.5 Å². The lowest BCUT2D eigenvalue weighted by atomic mass is 10.0. The van der Waals surface area contributed by atoms with Crippen molar-refractivity contribution in [2.45, 2.75) is 38.3 Å². The van der Waals surface area contributed by atoms with Crippen molar-refractivity contribution < 1.29 is 19.6 Å². The monoisotopic (exact) mass is 385 g/mol. The maximum absolute atomic E-state index is 12.4. The van der Waals surface area contributed by atoms with E-state index < -0.39 is 23.0 Å². The van der Waals surface area contributed by atoms with Gasteiger partial charge in [-0.25, -0.2) is 4.79 Å². The SMILES string of the molecule is CC(NC(=O)NC(CCC(=O)O)Cc1ccccc1)c1ccccc1[N+](=O)[O-]. The predicted molar refractivity (Wildman–Crippen MR) is 104 cm³/mol. The Labute approximate surface area is 162 Å². The van der Waals surface area contributed by atoms with Crippen molar-refractivity contribution in [2.75, 3.05) is 0 Å². The number of carboxylic acid groups (broad SMARTS) is 1. The largest absolute Gasteiger partial charge is 0.481 e. The Hall–Kier alpha value is -3.42. The molecule has 0 heterocycles. The fourth-order valence-corrected chi connectivity index (χ4v) is 2.94. The molecule has 0 saturated carbocycles. The van der Waals surface area contributed by atoms with E-state index in [-0.39, 0.29) is 24.6 Å². The minimum atomic E-state index is -0.937. The number of carbonyl (C=O) groups is 2. The van der Waals surface area contributed by atoms with E-state index in [1.807, 2.05) is 30.3 Å². The minimum Gasteiger partial charge on any atom is -0.481 e. The Morgan fingerprint density at radius 3 is 2.36 bits per heavy atom. The maximum atomic E-state index is 12.4. The highest BCUT2D eigenvalue weighted by molar-refractivity contribution is 5.75. The van der Waals surface area contributed by atoms with Gasteiger partial charge in [0.25, 0.3) is 5.69 Å². The summed E-state index contributed by atoms with van der Waals surface area (Å²) < 4.78 is 0. The van der Waals surface area contributed by atoms with Crippen LogP contribution >= 0.6 is 0 Å². The Kier molecular flexibility index (Phi) is 7.50. The number of benzene rings is 2. The first-order valence-corrected chi connectivity index (χ1v) is 8.93. The first-order valence-electron chi connectivity index (χ1n) is 8.93. The van der Waals surface area contributed by atoms with Crippen LogP contribution in [-0.4, -0.2) is 28.1 Å². The van der Waals surface area contributed by atoms with E-state index in [0.29, 0.717) is 12.0 Å². The Bertz CT molecular complexity index is 826. The molecule has 28 heavy (non-hydrogen) atoms. The highest BCUT2D eigenvalue weighted by atomic mass is 16.6. The van der Waals surface area contributed by atoms with E-state index in [9.17, 15) is 19.7 Å². The number of nitrogens with one attached hydrogen (secondary N) is 2. The zero-order valence-corrected chi connectivity index (χ0v) is 15.5. The summed E-state index contributed by atoms with van der Waals surface area (Å²) in [5, 5.41) is 25.6. The third-order valence-corrected chi connectivity index (χ3v) is 4.31. The Morgan fingerprint density at radius 1 is 1.07 bits per heavy atom. The summed E-state index contributed by atoms with van der Waals surface area (Å²) in [5.74, 6) is -0.937. The molecule has 0 aromatic heterocycles. The van der Waals surface area contributed by atoms with Crippen LogP contribution in [0, 0.1) is 10.1 Å². The fourth-order valence-electron chi connectivity index (χ4n) is 2.94. The molecule has 0 aliphatic heterocycles. The number of rotatable bonds is 9. The molecule has 2 amide bonds. The van der Waals surface area contributed by atoms with Crippen LogP contribution in [0.25, 0.3) is 0 Å². The molecule has 148 valence electrons. The van der Waals surface area contributed by atoms with Crippen LogP contribution in [0.1, 0.15) is 36.9 Å². The normalized spacial score (nSPS) is 12.6. The molecular formula is C20H23N3O5. The van der Waals surface area contributed by atoms with Crippen molar-refractivity contribution in [3.63, 3.8) is 0 Å². The summed E-state index contributed by atoms with van der Waals surface area (Å²) in [7, 11) is 0. The van der Waals surface area contributed by atoms with Gasteiger partial charge in [0.1, 0.15) is 0 Å². The molecule has 2 aromatic rings. The van der Waals surface area contributed by atoms with Crippen molar-refractivity contribution >= 4 is 17.7 Å². The van der Waals surface area contributed by atoms with Gasteiger partial charge in [0.2, 0.25) is 0 Å². The van der Waals surface area contributed by atoms with E-state index in [4.69, 9.17) is 5.11 Å². The molecular weight excluding hydrogens is 362 g/mol. The number of nitro groups is 1. The molecule has 0 saturated heterocycles. The zero-order valence-electron chi connectivity index (χ0n) is 15.5. The number of hydrogen-bond donors (Lipinski definition) is 3. The predicted octanol–water partition coefficient (Wildman–Crippen LogP) is 3.43. The second-order valence-electron chi connectivity index (χ2n) is 6.47. The van der Waals surface area contributed by atoms with Crippen LogP contribution in [0.4, 0.5) is 10.5 Å². The molecule has 0 aliphatic carbocycles. The van der Waals surface area contributed by atoms with Gasteiger partial charge in [-0.1, -0.05) is 48.5 Å². The van der Waals surface area contributed by atoms with Crippen LogP contribution in [0.15, 0.2) is 54.6 Å². The number of para-hydroxylation sites is 1. The topological polar surface area (TPSA) is 122 Å². The molecule has 0 aliphatic rings.